The van der Waals surface area contributed by atoms with Crippen LogP contribution in [0.4, 0.5) is 5.95 Å². The second-order valence-electron chi connectivity index (χ2n) is 7.02. The summed E-state index contributed by atoms with van der Waals surface area (Å²) in [5.41, 5.74) is 0.104. The number of hydrogen-bond donors (Lipinski definition) is 1. The molecule has 1 aliphatic heterocycles. The molecule has 0 bridgehead atoms. The first-order chi connectivity index (χ1) is 14.4. The number of hydrogen-bond acceptors (Lipinski definition) is 8. The average Bonchev–Trinajstić information content (AvgIpc) is 3.30. The molecule has 162 valence electrons. The first kappa shape index (κ1) is 22.3. The van der Waals surface area contributed by atoms with E-state index < -0.39 is 14.6 Å². The van der Waals surface area contributed by atoms with Crippen LogP contribution in [0.3, 0.4) is 0 Å². The lowest BCUT2D eigenvalue weighted by Gasteiger charge is -2.20. The third-order valence-corrected chi connectivity index (χ3v) is 5.60. The molecule has 3 rings (SSSR count). The van der Waals surface area contributed by atoms with Gasteiger partial charge in [-0.2, -0.15) is 15.3 Å². The first-order valence-corrected chi connectivity index (χ1v) is 11.3. The van der Waals surface area contributed by atoms with Crippen LogP contribution in [0.15, 0.2) is 16.0 Å². The quantitative estimate of drug-likeness (QED) is 0.275. The van der Waals surface area contributed by atoms with Crippen molar-refractivity contribution >= 4 is 31.7 Å². The minimum absolute atomic E-state index is 0.132. The van der Waals surface area contributed by atoms with Crippen molar-refractivity contribution in [2.45, 2.75) is 44.6 Å². The van der Waals surface area contributed by atoms with E-state index in [1.165, 1.54) is 6.20 Å². The van der Waals surface area contributed by atoms with E-state index in [2.05, 4.69) is 20.1 Å². The van der Waals surface area contributed by atoms with Gasteiger partial charge in [-0.3, -0.25) is 9.78 Å². The van der Waals surface area contributed by atoms with Gasteiger partial charge in [0.15, 0.2) is 20.3 Å². The van der Waals surface area contributed by atoms with Crippen molar-refractivity contribution in [3.05, 3.63) is 16.6 Å². The second kappa shape index (κ2) is 10.1. The third kappa shape index (κ3) is 5.21. The number of nitrogens with zero attached hydrogens (tertiary/aromatic N) is 6. The summed E-state index contributed by atoms with van der Waals surface area (Å²) in [5.74, 6) is 0.198. The molecule has 12 heteroatoms. The fourth-order valence-corrected chi connectivity index (χ4v) is 4.14. The van der Waals surface area contributed by atoms with Gasteiger partial charge in [-0.05, 0) is 6.42 Å². The zero-order chi connectivity index (χ0) is 21.7. The van der Waals surface area contributed by atoms with Gasteiger partial charge in [0.2, 0.25) is 5.95 Å². The van der Waals surface area contributed by atoms with E-state index in [1.807, 2.05) is 33.8 Å². The normalized spacial score (nSPS) is 22.6. The maximum Gasteiger partial charge on any atom is 0.263 e. The average molecular weight is 435 g/mol. The Balaban J connectivity index is 1.80. The molecule has 1 saturated heterocycles. The highest BCUT2D eigenvalue weighted by atomic mass is 31.2. The molecule has 3 heterocycles. The number of nitriles is 1. The topological polar surface area (TPSA) is 131 Å². The van der Waals surface area contributed by atoms with E-state index in [4.69, 9.17) is 19.0 Å². The number of ether oxygens (including phenoxy) is 1. The smallest absolute Gasteiger partial charge is 0.263 e. The van der Waals surface area contributed by atoms with E-state index in [1.54, 1.807) is 15.9 Å². The predicted molar refractivity (Wildman–Crippen MR) is 113 cm³/mol. The van der Waals surface area contributed by atoms with Gasteiger partial charge in [-0.25, -0.2) is 9.67 Å². The molecule has 1 aliphatic rings. The lowest BCUT2D eigenvalue weighted by molar-refractivity contribution is -0.0197. The molecule has 0 radical (unpaired) electrons. The standard InChI is InChI=1S/C18H26N7O4P/c1-5-13-14(29-30(4)27-8-6-7-19)9-15(28-13)25-16-12(10-21-25)17(26)23-18(22-16)20-11-24(2)3/h10-11,13-15H,5-6,8-9H2,1-4H3,(H,22,23,26)/b20-11+. The molecule has 4 atom stereocenters. The molecule has 2 aromatic rings. The van der Waals surface area contributed by atoms with Crippen LogP contribution in [0.2, 0.25) is 0 Å². The van der Waals surface area contributed by atoms with Crippen LogP contribution < -0.4 is 5.56 Å². The van der Waals surface area contributed by atoms with Gasteiger partial charge >= 0.3 is 0 Å². The van der Waals surface area contributed by atoms with Crippen molar-refractivity contribution in [1.29, 1.82) is 5.26 Å². The van der Waals surface area contributed by atoms with Gasteiger partial charge in [0.1, 0.15) is 5.39 Å². The SMILES string of the molecule is CCC1OC(n2ncc3c(=O)[nH]c(/N=C/N(C)C)nc32)CC1OP(C)OCCC#N. The summed E-state index contributed by atoms with van der Waals surface area (Å²) in [5, 5.41) is 13.4. The van der Waals surface area contributed by atoms with Crippen LogP contribution in [-0.4, -0.2) is 70.6 Å². The zero-order valence-corrected chi connectivity index (χ0v) is 18.4. The summed E-state index contributed by atoms with van der Waals surface area (Å²) in [6.07, 6.45) is 3.95. The molecular weight excluding hydrogens is 409 g/mol. The van der Waals surface area contributed by atoms with Gasteiger partial charge in [0.25, 0.3) is 5.56 Å². The Morgan fingerprint density at radius 3 is 3.07 bits per heavy atom. The summed E-state index contributed by atoms with van der Waals surface area (Å²) in [6, 6.07) is 2.05. The third-order valence-electron chi connectivity index (χ3n) is 4.49. The van der Waals surface area contributed by atoms with Crippen molar-refractivity contribution in [2.24, 2.45) is 4.99 Å². The monoisotopic (exact) mass is 435 g/mol. The molecule has 0 spiro atoms. The Kier molecular flexibility index (Phi) is 7.50. The summed E-state index contributed by atoms with van der Waals surface area (Å²) in [6.45, 7) is 4.24. The Labute approximate surface area is 175 Å². The van der Waals surface area contributed by atoms with E-state index >= 15 is 0 Å². The van der Waals surface area contributed by atoms with Crippen LogP contribution in [-0.2, 0) is 13.8 Å². The summed E-state index contributed by atoms with van der Waals surface area (Å²) < 4.78 is 19.4. The highest BCUT2D eigenvalue weighted by Crippen LogP contribution is 2.42. The predicted octanol–water partition coefficient (Wildman–Crippen LogP) is 2.30. The minimum Gasteiger partial charge on any atom is -0.369 e. The van der Waals surface area contributed by atoms with Gasteiger partial charge in [0.05, 0.1) is 43.8 Å². The Morgan fingerprint density at radius 1 is 1.57 bits per heavy atom. The maximum atomic E-state index is 12.4. The highest BCUT2D eigenvalue weighted by Gasteiger charge is 2.38. The molecule has 1 N–H and O–H groups in total. The molecule has 0 aliphatic carbocycles. The van der Waals surface area contributed by atoms with E-state index in [9.17, 15) is 4.79 Å². The van der Waals surface area contributed by atoms with Crippen LogP contribution in [0, 0.1) is 11.3 Å². The van der Waals surface area contributed by atoms with Gasteiger partial charge in [-0.15, -0.1) is 0 Å². The van der Waals surface area contributed by atoms with Crippen molar-refractivity contribution in [3.8, 4) is 6.07 Å². The second-order valence-corrected chi connectivity index (χ2v) is 8.37. The minimum atomic E-state index is -1.12. The van der Waals surface area contributed by atoms with Gasteiger partial charge < -0.3 is 18.7 Å². The number of rotatable bonds is 9. The van der Waals surface area contributed by atoms with E-state index in [-0.39, 0.29) is 23.7 Å². The fourth-order valence-electron chi connectivity index (χ4n) is 3.13. The van der Waals surface area contributed by atoms with E-state index in [0.717, 1.165) is 6.42 Å². The van der Waals surface area contributed by atoms with Crippen molar-refractivity contribution < 1.29 is 13.8 Å². The number of fused-ring (bicyclic) bond motifs is 1. The largest absolute Gasteiger partial charge is 0.369 e. The Bertz CT molecular complexity index is 983. The molecular formula is C18H26N7O4P. The summed E-state index contributed by atoms with van der Waals surface area (Å²) >= 11 is 0. The number of nitrogens with one attached hydrogen (secondary N) is 1. The lowest BCUT2D eigenvalue weighted by atomic mass is 10.1. The van der Waals surface area contributed by atoms with E-state index in [0.29, 0.717) is 30.5 Å². The number of aliphatic imine (C=N–C) groups is 1. The lowest BCUT2D eigenvalue weighted by Crippen LogP contribution is -2.22. The molecule has 0 aromatic carbocycles. The summed E-state index contributed by atoms with van der Waals surface area (Å²) in [4.78, 5) is 25.4. The van der Waals surface area contributed by atoms with Crippen LogP contribution >= 0.6 is 8.38 Å². The van der Waals surface area contributed by atoms with Crippen molar-refractivity contribution in [1.82, 2.24) is 24.6 Å². The fraction of sp³-hybridized carbons (Fsp3) is 0.611. The van der Waals surface area contributed by atoms with Gasteiger partial charge in [-0.1, -0.05) is 6.92 Å². The molecule has 0 amide bonds. The van der Waals surface area contributed by atoms with Crippen LogP contribution in [0.1, 0.15) is 32.4 Å². The molecule has 30 heavy (non-hydrogen) atoms. The Morgan fingerprint density at radius 2 is 2.37 bits per heavy atom. The molecule has 1 fully saturated rings. The molecule has 11 nitrogen and oxygen atoms in total. The van der Waals surface area contributed by atoms with Crippen molar-refractivity contribution in [3.63, 3.8) is 0 Å². The van der Waals surface area contributed by atoms with Crippen LogP contribution in [0.5, 0.6) is 0 Å². The molecule has 0 saturated carbocycles. The first-order valence-electron chi connectivity index (χ1n) is 9.66. The summed E-state index contributed by atoms with van der Waals surface area (Å²) in [7, 11) is 2.53. The van der Waals surface area contributed by atoms with Crippen LogP contribution in [0.25, 0.3) is 11.0 Å². The van der Waals surface area contributed by atoms with Gasteiger partial charge in [0, 0.05) is 27.2 Å². The molecule has 2 aromatic heterocycles. The number of aromatic nitrogens is 4. The molecule has 4 unspecified atom stereocenters. The Hall–Kier alpha value is -2.38. The number of aromatic amines is 1. The maximum absolute atomic E-state index is 12.4. The highest BCUT2D eigenvalue weighted by molar-refractivity contribution is 7.46. The van der Waals surface area contributed by atoms with Crippen molar-refractivity contribution in [2.75, 3.05) is 27.4 Å². The number of H-pyrrole nitrogens is 1. The zero-order valence-electron chi connectivity index (χ0n) is 17.5.